The average Bonchev–Trinajstić information content (AvgIpc) is 2.88. The van der Waals surface area contributed by atoms with Gasteiger partial charge in [-0.1, -0.05) is 0 Å². The summed E-state index contributed by atoms with van der Waals surface area (Å²) in [5, 5.41) is 3.60. The van der Waals surface area contributed by atoms with E-state index in [-0.39, 0.29) is 11.7 Å². The van der Waals surface area contributed by atoms with Crippen molar-refractivity contribution in [3.63, 3.8) is 0 Å². The van der Waals surface area contributed by atoms with Gasteiger partial charge in [0.25, 0.3) is 5.91 Å². The molecule has 122 valence electrons. The Kier molecular flexibility index (Phi) is 3.26. The SMILES string of the molecule is COc1ccc(-c2cc(F)cc3c(C)c4n(c23)CCNC4=O)cn1. The Balaban J connectivity index is 2.04. The van der Waals surface area contributed by atoms with Crippen molar-refractivity contribution in [2.45, 2.75) is 13.5 Å². The number of rotatable bonds is 2. The van der Waals surface area contributed by atoms with Crippen molar-refractivity contribution in [2.24, 2.45) is 0 Å². The molecule has 0 saturated heterocycles. The summed E-state index contributed by atoms with van der Waals surface area (Å²) in [5.74, 6) is 0.0491. The van der Waals surface area contributed by atoms with Crippen LogP contribution in [0, 0.1) is 12.7 Å². The van der Waals surface area contributed by atoms with Gasteiger partial charge in [-0.3, -0.25) is 4.79 Å². The first-order valence-electron chi connectivity index (χ1n) is 7.71. The Morgan fingerprint density at radius 3 is 2.88 bits per heavy atom. The van der Waals surface area contributed by atoms with E-state index in [1.807, 2.05) is 17.6 Å². The molecule has 0 atom stereocenters. The molecule has 2 aromatic heterocycles. The second kappa shape index (κ2) is 5.33. The fraction of sp³-hybridized carbons (Fsp3) is 0.222. The van der Waals surface area contributed by atoms with E-state index in [1.54, 1.807) is 19.4 Å². The van der Waals surface area contributed by atoms with E-state index < -0.39 is 0 Å². The minimum atomic E-state index is -0.334. The summed E-state index contributed by atoms with van der Waals surface area (Å²) in [5.41, 5.74) is 3.77. The van der Waals surface area contributed by atoms with Crippen LogP contribution in [0.3, 0.4) is 0 Å². The number of amides is 1. The van der Waals surface area contributed by atoms with Crippen LogP contribution in [0.25, 0.3) is 22.0 Å². The number of hydrogen-bond donors (Lipinski definition) is 1. The standard InChI is InChI=1S/C18H16FN3O2/c1-10-13-7-12(19)8-14(11-3-4-15(24-2)21-9-11)17(13)22-6-5-20-18(23)16(10)22/h3-4,7-9H,5-6H2,1-2H3,(H,20,23). The first kappa shape index (κ1) is 14.7. The molecule has 0 aliphatic carbocycles. The van der Waals surface area contributed by atoms with Crippen LogP contribution in [0.4, 0.5) is 4.39 Å². The van der Waals surface area contributed by atoms with Crippen molar-refractivity contribution in [1.82, 2.24) is 14.9 Å². The molecule has 5 nitrogen and oxygen atoms in total. The summed E-state index contributed by atoms with van der Waals surface area (Å²) >= 11 is 0. The molecule has 0 bridgehead atoms. The van der Waals surface area contributed by atoms with E-state index in [2.05, 4.69) is 10.3 Å². The molecule has 0 saturated carbocycles. The predicted octanol–water partition coefficient (Wildman–Crippen LogP) is 2.90. The number of nitrogens with one attached hydrogen (secondary N) is 1. The minimum Gasteiger partial charge on any atom is -0.481 e. The highest BCUT2D eigenvalue weighted by atomic mass is 19.1. The van der Waals surface area contributed by atoms with E-state index in [9.17, 15) is 9.18 Å². The zero-order valence-electron chi connectivity index (χ0n) is 13.4. The van der Waals surface area contributed by atoms with Crippen molar-refractivity contribution in [2.75, 3.05) is 13.7 Å². The van der Waals surface area contributed by atoms with Gasteiger partial charge in [-0.2, -0.15) is 0 Å². The number of pyridine rings is 1. The zero-order valence-corrected chi connectivity index (χ0v) is 13.4. The van der Waals surface area contributed by atoms with Crippen LogP contribution in [0.1, 0.15) is 16.1 Å². The lowest BCUT2D eigenvalue weighted by molar-refractivity contribution is 0.0928. The van der Waals surface area contributed by atoms with E-state index in [4.69, 9.17) is 4.74 Å². The third kappa shape index (κ3) is 2.06. The summed E-state index contributed by atoms with van der Waals surface area (Å²) in [6.45, 7) is 3.08. The van der Waals surface area contributed by atoms with Crippen LogP contribution in [0.5, 0.6) is 5.88 Å². The summed E-state index contributed by atoms with van der Waals surface area (Å²) < 4.78 is 21.3. The number of benzene rings is 1. The Hall–Kier alpha value is -2.89. The summed E-state index contributed by atoms with van der Waals surface area (Å²) in [4.78, 5) is 16.4. The van der Waals surface area contributed by atoms with Gasteiger partial charge in [-0.25, -0.2) is 9.37 Å². The van der Waals surface area contributed by atoms with Gasteiger partial charge in [0.05, 0.1) is 12.6 Å². The quantitative estimate of drug-likeness (QED) is 0.788. The van der Waals surface area contributed by atoms with Gasteiger partial charge in [0, 0.05) is 41.9 Å². The van der Waals surface area contributed by atoms with Crippen molar-refractivity contribution in [3.8, 4) is 17.0 Å². The molecule has 1 aromatic carbocycles. The third-order valence-corrected chi connectivity index (χ3v) is 4.47. The van der Waals surface area contributed by atoms with Crippen LogP contribution in [-0.4, -0.2) is 29.1 Å². The maximum atomic E-state index is 14.2. The minimum absolute atomic E-state index is 0.117. The lowest BCUT2D eigenvalue weighted by Gasteiger charge is -2.18. The molecule has 0 spiro atoms. The number of methoxy groups -OCH3 is 1. The number of aryl methyl sites for hydroxylation is 1. The van der Waals surface area contributed by atoms with Gasteiger partial charge in [0.1, 0.15) is 11.5 Å². The number of carbonyl (C=O) groups excluding carboxylic acids is 1. The van der Waals surface area contributed by atoms with E-state index in [0.29, 0.717) is 24.7 Å². The number of aromatic nitrogens is 2. The molecule has 1 aliphatic rings. The Bertz CT molecular complexity index is 961. The normalized spacial score (nSPS) is 13.7. The summed E-state index contributed by atoms with van der Waals surface area (Å²) in [6.07, 6.45) is 1.66. The molecule has 3 aromatic rings. The molecule has 4 rings (SSSR count). The fourth-order valence-electron chi connectivity index (χ4n) is 3.38. The zero-order chi connectivity index (χ0) is 16.8. The largest absolute Gasteiger partial charge is 0.481 e. The van der Waals surface area contributed by atoms with Crippen LogP contribution in [0.15, 0.2) is 30.5 Å². The van der Waals surface area contributed by atoms with Crippen LogP contribution in [0.2, 0.25) is 0 Å². The van der Waals surface area contributed by atoms with E-state index >= 15 is 0 Å². The maximum absolute atomic E-state index is 14.2. The number of halogens is 1. The number of ether oxygens (including phenoxy) is 1. The first-order valence-corrected chi connectivity index (χ1v) is 7.71. The smallest absolute Gasteiger partial charge is 0.268 e. The monoisotopic (exact) mass is 325 g/mol. The van der Waals surface area contributed by atoms with Crippen molar-refractivity contribution in [1.29, 1.82) is 0 Å². The molecule has 3 heterocycles. The summed E-state index contributed by atoms with van der Waals surface area (Å²) in [7, 11) is 1.55. The highest BCUT2D eigenvalue weighted by Gasteiger charge is 2.25. The second-order valence-electron chi connectivity index (χ2n) is 5.82. The Morgan fingerprint density at radius 1 is 1.33 bits per heavy atom. The molecule has 0 radical (unpaired) electrons. The number of hydrogen-bond acceptors (Lipinski definition) is 3. The van der Waals surface area contributed by atoms with Crippen LogP contribution in [-0.2, 0) is 6.54 Å². The molecule has 0 unspecified atom stereocenters. The topological polar surface area (TPSA) is 56.1 Å². The van der Waals surface area contributed by atoms with E-state index in [0.717, 1.165) is 27.6 Å². The predicted molar refractivity (Wildman–Crippen MR) is 88.7 cm³/mol. The van der Waals surface area contributed by atoms with Gasteiger partial charge in [0.2, 0.25) is 5.88 Å². The summed E-state index contributed by atoms with van der Waals surface area (Å²) in [6, 6.07) is 6.57. The molecular formula is C18H16FN3O2. The van der Waals surface area contributed by atoms with Crippen molar-refractivity contribution < 1.29 is 13.9 Å². The molecule has 1 aliphatic heterocycles. The molecule has 24 heavy (non-hydrogen) atoms. The van der Waals surface area contributed by atoms with Gasteiger partial charge in [-0.15, -0.1) is 0 Å². The highest BCUT2D eigenvalue weighted by molar-refractivity contribution is 6.06. The lowest BCUT2D eigenvalue weighted by Crippen LogP contribution is -2.35. The van der Waals surface area contributed by atoms with Crippen LogP contribution >= 0.6 is 0 Å². The molecule has 1 N–H and O–H groups in total. The van der Waals surface area contributed by atoms with Gasteiger partial charge < -0.3 is 14.6 Å². The average molecular weight is 325 g/mol. The second-order valence-corrected chi connectivity index (χ2v) is 5.82. The van der Waals surface area contributed by atoms with Gasteiger partial charge in [-0.05, 0) is 30.7 Å². The molecule has 6 heteroatoms. The molecule has 0 fully saturated rings. The molecular weight excluding hydrogens is 309 g/mol. The Labute approximate surface area is 138 Å². The third-order valence-electron chi connectivity index (χ3n) is 4.47. The lowest BCUT2D eigenvalue weighted by atomic mass is 10.0. The number of carbonyl (C=O) groups is 1. The van der Waals surface area contributed by atoms with Crippen molar-refractivity contribution >= 4 is 16.8 Å². The highest BCUT2D eigenvalue weighted by Crippen LogP contribution is 2.36. The van der Waals surface area contributed by atoms with Crippen LogP contribution < -0.4 is 10.1 Å². The van der Waals surface area contributed by atoms with Crippen molar-refractivity contribution in [3.05, 3.63) is 47.5 Å². The number of nitrogens with zero attached hydrogens (tertiary/aromatic N) is 2. The van der Waals surface area contributed by atoms with E-state index in [1.165, 1.54) is 12.1 Å². The first-order chi connectivity index (χ1) is 11.6. The maximum Gasteiger partial charge on any atom is 0.268 e. The fourth-order valence-corrected chi connectivity index (χ4v) is 3.38. The van der Waals surface area contributed by atoms with Gasteiger partial charge >= 0.3 is 0 Å². The molecule has 1 amide bonds. The van der Waals surface area contributed by atoms with Gasteiger partial charge in [0.15, 0.2) is 0 Å². The Morgan fingerprint density at radius 2 is 2.17 bits per heavy atom. The number of fused-ring (bicyclic) bond motifs is 3.